The fourth-order valence-corrected chi connectivity index (χ4v) is 5.32. The van der Waals surface area contributed by atoms with Crippen LogP contribution in [0.1, 0.15) is 99.9 Å². The highest BCUT2D eigenvalue weighted by Crippen LogP contribution is 2.30. The van der Waals surface area contributed by atoms with E-state index in [0.717, 1.165) is 21.9 Å². The van der Waals surface area contributed by atoms with E-state index in [-0.39, 0.29) is 45.0 Å². The van der Waals surface area contributed by atoms with E-state index in [0.29, 0.717) is 35.9 Å². The molecule has 0 unspecified atom stereocenters. The van der Waals surface area contributed by atoms with Crippen LogP contribution in [0.5, 0.6) is 0 Å². The predicted octanol–water partition coefficient (Wildman–Crippen LogP) is 8.33. The number of aromatic nitrogens is 2. The monoisotopic (exact) mass is 742 g/mol. The van der Waals surface area contributed by atoms with Gasteiger partial charge in [-0.25, -0.2) is 14.8 Å². The van der Waals surface area contributed by atoms with Gasteiger partial charge in [0.05, 0.1) is 11.3 Å². The Labute approximate surface area is 322 Å². The van der Waals surface area contributed by atoms with E-state index in [1.807, 2.05) is 52.8 Å². The summed E-state index contributed by atoms with van der Waals surface area (Å²) in [6, 6.07) is 20.4. The molecule has 0 saturated carbocycles. The lowest BCUT2D eigenvalue weighted by Gasteiger charge is -2.19. The van der Waals surface area contributed by atoms with Crippen LogP contribution in [0.15, 0.2) is 85.6 Å². The number of benzene rings is 3. The number of nitrogens with two attached hydrogens (primary N) is 1. The number of nitrogen functional groups attached to an aromatic ring is 1. The molecule has 2 heterocycles. The average Bonchev–Trinajstić information content (AvgIpc) is 3.13. The Hall–Kier alpha value is -6.36. The van der Waals surface area contributed by atoms with Crippen LogP contribution >= 0.6 is 0 Å². The highest BCUT2D eigenvalue weighted by Gasteiger charge is 2.23. The standard InChI is InChI=1S/C30H29N5O4.C14H21NO/c1-5-19-7-11-23(22-9-6-18(15-24(22)29(38)39)27(36)33-16-30(2,3)4)25(34-19)28(37)35-20-8-10-21-17(14-20)12-13-32-26(21)31;1-10-6-7-12(8-11(10)2)13(16)15-9-14(3,4)5/h5-15H,1,16H2,2-4H3,(H2,31,32)(H,33,36)(H,35,37)(H,38,39);6-8H,9H2,1-5H3,(H,15,16). The SMILES string of the molecule is C=Cc1ccc(-c2ccc(C(=O)NCC(C)(C)C)cc2C(=O)O)c(C(=O)Nc2ccc3c(N)nccc3c2)n1.Cc1ccc(C(=O)NCC(C)(C)C)cc1C. The first kappa shape index (κ1) is 41.4. The van der Waals surface area contributed by atoms with E-state index in [2.05, 4.69) is 53.3 Å². The van der Waals surface area contributed by atoms with Crippen LogP contribution < -0.4 is 21.7 Å². The molecule has 0 aliphatic rings. The van der Waals surface area contributed by atoms with Crippen molar-refractivity contribution in [3.05, 3.63) is 125 Å². The second-order valence-electron chi connectivity index (χ2n) is 15.8. The quantitative estimate of drug-likeness (QED) is 0.100. The van der Waals surface area contributed by atoms with Crippen LogP contribution in [0, 0.1) is 24.7 Å². The Morgan fingerprint density at radius 1 is 0.745 bits per heavy atom. The summed E-state index contributed by atoms with van der Waals surface area (Å²) in [6.45, 7) is 21.2. The van der Waals surface area contributed by atoms with Crippen LogP contribution in [-0.4, -0.2) is 51.9 Å². The van der Waals surface area contributed by atoms with Gasteiger partial charge in [-0.05, 0) is 113 Å². The minimum atomic E-state index is -1.24. The Balaban J connectivity index is 0.000000352. The number of carbonyl (C=O) groups is 4. The molecule has 55 heavy (non-hydrogen) atoms. The number of nitrogens with one attached hydrogen (secondary N) is 3. The molecular weight excluding hydrogens is 693 g/mol. The Bertz CT molecular complexity index is 2270. The fourth-order valence-electron chi connectivity index (χ4n) is 5.32. The molecule has 5 aromatic rings. The number of hydrogen-bond donors (Lipinski definition) is 5. The second-order valence-corrected chi connectivity index (χ2v) is 15.8. The summed E-state index contributed by atoms with van der Waals surface area (Å²) in [4.78, 5) is 58.7. The molecule has 6 N–H and O–H groups in total. The van der Waals surface area contributed by atoms with Crippen molar-refractivity contribution < 1.29 is 24.3 Å². The zero-order chi connectivity index (χ0) is 40.7. The number of pyridine rings is 2. The predicted molar refractivity (Wildman–Crippen MR) is 220 cm³/mol. The van der Waals surface area contributed by atoms with Crippen molar-refractivity contribution in [1.29, 1.82) is 0 Å². The third kappa shape index (κ3) is 11.3. The molecule has 5 rings (SSSR count). The first-order valence-electron chi connectivity index (χ1n) is 17.9. The van der Waals surface area contributed by atoms with Gasteiger partial charge in [0, 0.05) is 47.1 Å². The molecule has 0 radical (unpaired) electrons. The van der Waals surface area contributed by atoms with Gasteiger partial charge in [0.25, 0.3) is 17.7 Å². The molecule has 2 aromatic heterocycles. The molecule has 0 fully saturated rings. The Morgan fingerprint density at radius 3 is 1.93 bits per heavy atom. The number of carboxylic acid groups (broad SMARTS) is 1. The largest absolute Gasteiger partial charge is 0.478 e. The highest BCUT2D eigenvalue weighted by molar-refractivity contribution is 6.10. The molecular formula is C44H50N6O5. The lowest BCUT2D eigenvalue weighted by Crippen LogP contribution is -2.32. The molecule has 11 nitrogen and oxygen atoms in total. The molecule has 0 bridgehead atoms. The highest BCUT2D eigenvalue weighted by atomic mass is 16.4. The maximum Gasteiger partial charge on any atom is 0.336 e. The van der Waals surface area contributed by atoms with Gasteiger partial charge < -0.3 is 26.8 Å². The van der Waals surface area contributed by atoms with Crippen molar-refractivity contribution in [2.75, 3.05) is 24.1 Å². The van der Waals surface area contributed by atoms with Crippen molar-refractivity contribution in [3.8, 4) is 11.1 Å². The average molecular weight is 743 g/mol. The van der Waals surface area contributed by atoms with E-state index in [1.165, 1.54) is 29.8 Å². The van der Waals surface area contributed by atoms with Gasteiger partial charge in [0.15, 0.2) is 0 Å². The van der Waals surface area contributed by atoms with Gasteiger partial charge >= 0.3 is 5.97 Å². The van der Waals surface area contributed by atoms with E-state index < -0.39 is 11.9 Å². The van der Waals surface area contributed by atoms with Crippen molar-refractivity contribution in [3.63, 3.8) is 0 Å². The Morgan fingerprint density at radius 2 is 1.35 bits per heavy atom. The summed E-state index contributed by atoms with van der Waals surface area (Å²) in [6.07, 6.45) is 3.07. The molecule has 3 amide bonds. The number of amides is 3. The van der Waals surface area contributed by atoms with Crippen LogP contribution in [0.3, 0.4) is 0 Å². The molecule has 0 atom stereocenters. The molecule has 0 spiro atoms. The van der Waals surface area contributed by atoms with Crippen molar-refractivity contribution in [1.82, 2.24) is 20.6 Å². The van der Waals surface area contributed by atoms with Gasteiger partial charge in [-0.1, -0.05) is 60.3 Å². The molecule has 0 saturated heterocycles. The number of aryl methyl sites for hydroxylation is 2. The van der Waals surface area contributed by atoms with Crippen LogP contribution in [0.25, 0.3) is 28.0 Å². The van der Waals surface area contributed by atoms with Gasteiger partial charge in [-0.15, -0.1) is 0 Å². The van der Waals surface area contributed by atoms with Gasteiger partial charge in [0.1, 0.15) is 11.5 Å². The minimum absolute atomic E-state index is 0.00849. The van der Waals surface area contributed by atoms with E-state index in [9.17, 15) is 24.3 Å². The van der Waals surface area contributed by atoms with Crippen LogP contribution in [0.2, 0.25) is 0 Å². The lowest BCUT2D eigenvalue weighted by atomic mass is 9.94. The first-order valence-corrected chi connectivity index (χ1v) is 17.9. The third-order valence-electron chi connectivity index (χ3n) is 8.52. The minimum Gasteiger partial charge on any atom is -0.478 e. The van der Waals surface area contributed by atoms with E-state index in [1.54, 1.807) is 42.6 Å². The maximum atomic E-state index is 13.5. The molecule has 0 aliphatic carbocycles. The fraction of sp³-hybridized carbons (Fsp3) is 0.273. The topological polar surface area (TPSA) is 176 Å². The van der Waals surface area contributed by atoms with Gasteiger partial charge in [0.2, 0.25) is 0 Å². The summed E-state index contributed by atoms with van der Waals surface area (Å²) in [7, 11) is 0. The summed E-state index contributed by atoms with van der Waals surface area (Å²) in [5, 5.41) is 20.1. The van der Waals surface area contributed by atoms with Crippen molar-refractivity contribution in [2.45, 2.75) is 55.4 Å². The number of rotatable bonds is 9. The third-order valence-corrected chi connectivity index (χ3v) is 8.52. The molecule has 0 aliphatic heterocycles. The number of carbonyl (C=O) groups excluding carboxylic acids is 3. The molecule has 286 valence electrons. The summed E-state index contributed by atoms with van der Waals surface area (Å²) >= 11 is 0. The normalized spacial score (nSPS) is 11.2. The maximum absolute atomic E-state index is 13.5. The van der Waals surface area contributed by atoms with Crippen molar-refractivity contribution >= 4 is 52.0 Å². The molecule has 11 heteroatoms. The second kappa shape index (κ2) is 17.2. The first-order chi connectivity index (χ1) is 25.8. The number of carboxylic acids is 1. The number of nitrogens with zero attached hydrogens (tertiary/aromatic N) is 2. The Kier molecular flexibility index (Phi) is 12.9. The smallest absolute Gasteiger partial charge is 0.336 e. The van der Waals surface area contributed by atoms with Gasteiger partial charge in [-0.2, -0.15) is 0 Å². The lowest BCUT2D eigenvalue weighted by molar-refractivity contribution is 0.0697. The van der Waals surface area contributed by atoms with Gasteiger partial charge in [-0.3, -0.25) is 14.4 Å². The zero-order valence-corrected chi connectivity index (χ0v) is 32.8. The van der Waals surface area contributed by atoms with Crippen LogP contribution in [0.4, 0.5) is 11.5 Å². The van der Waals surface area contributed by atoms with E-state index >= 15 is 0 Å². The van der Waals surface area contributed by atoms with E-state index in [4.69, 9.17) is 5.73 Å². The van der Waals surface area contributed by atoms with Crippen LogP contribution in [-0.2, 0) is 0 Å². The summed E-state index contributed by atoms with van der Waals surface area (Å²) < 4.78 is 0. The summed E-state index contributed by atoms with van der Waals surface area (Å²) in [5.41, 5.74) is 10.6. The number of hydrogen-bond acceptors (Lipinski definition) is 7. The molecule has 3 aromatic carbocycles. The summed E-state index contributed by atoms with van der Waals surface area (Å²) in [5.74, 6) is -1.78. The number of aromatic carboxylic acids is 1. The van der Waals surface area contributed by atoms with Crippen molar-refractivity contribution in [2.24, 2.45) is 10.8 Å². The number of anilines is 2. The zero-order valence-electron chi connectivity index (χ0n) is 32.8. The number of fused-ring (bicyclic) bond motifs is 1.